The van der Waals surface area contributed by atoms with Gasteiger partial charge in [0.25, 0.3) is 0 Å². The van der Waals surface area contributed by atoms with Crippen molar-refractivity contribution in [3.63, 3.8) is 0 Å². The van der Waals surface area contributed by atoms with Gasteiger partial charge < -0.3 is 11.1 Å². The molecule has 2 rings (SSSR count). The van der Waals surface area contributed by atoms with Crippen LogP contribution in [0.4, 0.5) is 16.2 Å². The van der Waals surface area contributed by atoms with Gasteiger partial charge in [-0.3, -0.25) is 4.79 Å². The number of urea groups is 1. The summed E-state index contributed by atoms with van der Waals surface area (Å²) >= 11 is 0. The number of hydrogen-bond acceptors (Lipinski definition) is 3. The van der Waals surface area contributed by atoms with Crippen molar-refractivity contribution in [2.75, 3.05) is 10.6 Å². The van der Waals surface area contributed by atoms with Crippen molar-refractivity contribution < 1.29 is 9.59 Å². The van der Waals surface area contributed by atoms with Crippen molar-refractivity contribution in [2.45, 2.75) is 39.0 Å². The lowest BCUT2D eigenvalue weighted by Crippen LogP contribution is -2.41. The van der Waals surface area contributed by atoms with Gasteiger partial charge in [0.1, 0.15) is 0 Å². The van der Waals surface area contributed by atoms with Crippen LogP contribution in [-0.4, -0.2) is 11.9 Å². The molecule has 1 aromatic carbocycles. The average molecular weight is 287 g/mol. The summed E-state index contributed by atoms with van der Waals surface area (Å²) in [4.78, 5) is 25.1. The molecule has 0 radical (unpaired) electrons. The Morgan fingerprint density at radius 1 is 1.24 bits per heavy atom. The number of amides is 3. The summed E-state index contributed by atoms with van der Waals surface area (Å²) in [6, 6.07) is 6.27. The maximum atomic E-state index is 12.2. The van der Waals surface area contributed by atoms with E-state index in [1.165, 1.54) is 18.9 Å². The monoisotopic (exact) mass is 287 g/mol. The van der Waals surface area contributed by atoms with Crippen LogP contribution in [0.15, 0.2) is 36.0 Å². The van der Waals surface area contributed by atoms with Crippen molar-refractivity contribution in [1.82, 2.24) is 5.32 Å². The van der Waals surface area contributed by atoms with E-state index in [1.807, 2.05) is 0 Å². The molecule has 1 saturated carbocycles. The van der Waals surface area contributed by atoms with Crippen LogP contribution < -0.4 is 16.0 Å². The lowest BCUT2D eigenvalue weighted by Gasteiger charge is -2.20. The normalized spacial score (nSPS) is 14.4. The molecular formula is C16H21N3O2. The second-order valence-electron chi connectivity index (χ2n) is 5.26. The Hall–Kier alpha value is -2.30. The van der Waals surface area contributed by atoms with Gasteiger partial charge in [-0.15, -0.1) is 0 Å². The number of imide groups is 1. The smallest absolute Gasteiger partial charge is 0.332 e. The molecule has 0 spiro atoms. The van der Waals surface area contributed by atoms with Crippen LogP contribution >= 0.6 is 0 Å². The minimum Gasteiger partial charge on any atom is -0.399 e. The van der Waals surface area contributed by atoms with Crippen molar-refractivity contribution in [2.24, 2.45) is 0 Å². The molecule has 112 valence electrons. The maximum absolute atomic E-state index is 12.2. The maximum Gasteiger partial charge on any atom is 0.332 e. The SMILES string of the molecule is CC(=O)N(C(=O)NC=C1CCCCC1)c1cccc(N)c1. The molecule has 0 aromatic heterocycles. The summed E-state index contributed by atoms with van der Waals surface area (Å²) in [6.45, 7) is 1.36. The predicted octanol–water partition coefficient (Wildman–Crippen LogP) is 3.18. The van der Waals surface area contributed by atoms with Gasteiger partial charge >= 0.3 is 6.03 Å². The minimum atomic E-state index is -0.453. The summed E-state index contributed by atoms with van der Waals surface area (Å²) in [5, 5.41) is 2.72. The third-order valence-electron chi connectivity index (χ3n) is 3.54. The molecule has 0 aliphatic heterocycles. The molecule has 5 nitrogen and oxygen atoms in total. The molecule has 0 atom stereocenters. The third kappa shape index (κ3) is 4.08. The standard InChI is InChI=1S/C16H21N3O2/c1-12(20)19(15-9-5-8-14(17)10-15)16(21)18-11-13-6-3-2-4-7-13/h5,8-11H,2-4,6-7,17H2,1H3,(H,18,21). The van der Waals surface area contributed by atoms with Crippen LogP contribution in [0.2, 0.25) is 0 Å². The van der Waals surface area contributed by atoms with E-state index < -0.39 is 6.03 Å². The van der Waals surface area contributed by atoms with Crippen molar-refractivity contribution in [3.8, 4) is 0 Å². The Labute approximate surface area is 124 Å². The van der Waals surface area contributed by atoms with E-state index >= 15 is 0 Å². The van der Waals surface area contributed by atoms with Crippen LogP contribution in [0.1, 0.15) is 39.0 Å². The Morgan fingerprint density at radius 2 is 1.95 bits per heavy atom. The number of nitrogens with two attached hydrogens (primary N) is 1. The van der Waals surface area contributed by atoms with E-state index in [0.29, 0.717) is 11.4 Å². The van der Waals surface area contributed by atoms with E-state index in [4.69, 9.17) is 5.73 Å². The zero-order chi connectivity index (χ0) is 15.2. The number of rotatable bonds is 2. The van der Waals surface area contributed by atoms with E-state index in [0.717, 1.165) is 30.6 Å². The Bertz CT molecular complexity index is 558. The summed E-state index contributed by atoms with van der Waals surface area (Å²) in [5.74, 6) is -0.347. The third-order valence-corrected chi connectivity index (χ3v) is 3.54. The Morgan fingerprint density at radius 3 is 2.57 bits per heavy atom. The fraction of sp³-hybridized carbons (Fsp3) is 0.375. The van der Waals surface area contributed by atoms with Gasteiger partial charge in [0.2, 0.25) is 5.91 Å². The first-order chi connectivity index (χ1) is 10.1. The zero-order valence-corrected chi connectivity index (χ0v) is 12.3. The van der Waals surface area contributed by atoms with E-state index in [-0.39, 0.29) is 5.91 Å². The molecule has 3 amide bonds. The molecule has 0 heterocycles. The summed E-state index contributed by atoms with van der Waals surface area (Å²) in [7, 11) is 0. The van der Waals surface area contributed by atoms with Crippen LogP contribution in [0, 0.1) is 0 Å². The first-order valence-electron chi connectivity index (χ1n) is 7.22. The number of anilines is 2. The predicted molar refractivity (Wildman–Crippen MR) is 83.7 cm³/mol. The van der Waals surface area contributed by atoms with Crippen molar-refractivity contribution >= 4 is 23.3 Å². The van der Waals surface area contributed by atoms with Crippen molar-refractivity contribution in [1.29, 1.82) is 0 Å². The van der Waals surface area contributed by atoms with Crippen molar-refractivity contribution in [3.05, 3.63) is 36.0 Å². The first-order valence-corrected chi connectivity index (χ1v) is 7.22. The van der Waals surface area contributed by atoms with Gasteiger partial charge in [-0.2, -0.15) is 0 Å². The van der Waals surface area contributed by atoms with Crippen LogP contribution in [0.25, 0.3) is 0 Å². The highest BCUT2D eigenvalue weighted by atomic mass is 16.2. The summed E-state index contributed by atoms with van der Waals surface area (Å²) in [6.07, 6.45) is 7.33. The molecular weight excluding hydrogens is 266 g/mol. The molecule has 1 aliphatic rings. The van der Waals surface area contributed by atoms with E-state index in [9.17, 15) is 9.59 Å². The van der Waals surface area contributed by atoms with Gasteiger partial charge in [0, 0.05) is 18.8 Å². The fourth-order valence-electron chi connectivity index (χ4n) is 2.48. The zero-order valence-electron chi connectivity index (χ0n) is 12.3. The number of nitrogens with zero attached hydrogens (tertiary/aromatic N) is 1. The number of carbonyl (C=O) groups is 2. The Kier molecular flexibility index (Phi) is 4.98. The highest BCUT2D eigenvalue weighted by Crippen LogP contribution is 2.22. The fourth-order valence-corrected chi connectivity index (χ4v) is 2.48. The number of benzene rings is 1. The van der Waals surface area contributed by atoms with Gasteiger partial charge in [0.05, 0.1) is 5.69 Å². The molecule has 3 N–H and O–H groups in total. The van der Waals surface area contributed by atoms with E-state index in [1.54, 1.807) is 30.5 Å². The highest BCUT2D eigenvalue weighted by Gasteiger charge is 2.19. The van der Waals surface area contributed by atoms with Gasteiger partial charge in [-0.25, -0.2) is 9.69 Å². The lowest BCUT2D eigenvalue weighted by atomic mass is 9.96. The topological polar surface area (TPSA) is 75.4 Å². The Balaban J connectivity index is 2.11. The largest absolute Gasteiger partial charge is 0.399 e. The number of allylic oxidation sites excluding steroid dienone is 1. The first kappa shape index (κ1) is 15.1. The quantitative estimate of drug-likeness (QED) is 0.820. The second-order valence-corrected chi connectivity index (χ2v) is 5.26. The number of nitrogens with one attached hydrogen (secondary N) is 1. The highest BCUT2D eigenvalue weighted by molar-refractivity contribution is 6.13. The van der Waals surface area contributed by atoms with E-state index in [2.05, 4.69) is 5.32 Å². The van der Waals surface area contributed by atoms with Gasteiger partial charge in [-0.1, -0.05) is 18.1 Å². The van der Waals surface area contributed by atoms with Gasteiger partial charge in [0.15, 0.2) is 0 Å². The number of nitrogen functional groups attached to an aromatic ring is 1. The minimum absolute atomic E-state index is 0.347. The average Bonchev–Trinajstić information content (AvgIpc) is 2.46. The molecule has 21 heavy (non-hydrogen) atoms. The molecule has 1 aliphatic carbocycles. The number of carbonyl (C=O) groups excluding carboxylic acids is 2. The molecule has 0 unspecified atom stereocenters. The molecule has 0 bridgehead atoms. The molecule has 0 saturated heterocycles. The molecule has 1 aromatic rings. The second kappa shape index (κ2) is 6.92. The summed E-state index contributed by atoms with van der Waals surface area (Å²) in [5.41, 5.74) is 7.92. The van der Waals surface area contributed by atoms with Crippen LogP contribution in [0.5, 0.6) is 0 Å². The molecule has 5 heteroatoms. The van der Waals surface area contributed by atoms with Crippen LogP contribution in [-0.2, 0) is 4.79 Å². The lowest BCUT2D eigenvalue weighted by molar-refractivity contribution is -0.115. The summed E-state index contributed by atoms with van der Waals surface area (Å²) < 4.78 is 0. The van der Waals surface area contributed by atoms with Gasteiger partial charge in [-0.05, 0) is 43.9 Å². The molecule has 1 fully saturated rings. The number of hydrogen-bond donors (Lipinski definition) is 2. The van der Waals surface area contributed by atoms with Crippen LogP contribution in [0.3, 0.4) is 0 Å².